The molecule has 3 saturated carbocycles. The van der Waals surface area contributed by atoms with Gasteiger partial charge in [-0.1, -0.05) is 74.7 Å². The van der Waals surface area contributed by atoms with Gasteiger partial charge in [-0.3, -0.25) is 33.7 Å². The molecule has 5 rings (SSSR count). The summed E-state index contributed by atoms with van der Waals surface area (Å²) in [5, 5.41) is 5.90. The fourth-order valence-corrected chi connectivity index (χ4v) is 9.24. The number of hydrogen-bond donors (Lipinski definition) is 3. The summed E-state index contributed by atoms with van der Waals surface area (Å²) in [5.74, 6) is -3.25. The van der Waals surface area contributed by atoms with Crippen LogP contribution < -0.4 is 16.4 Å². The first kappa shape index (κ1) is 38.9. The Labute approximate surface area is 303 Å². The fraction of sp³-hybridized carbons (Fsp3) is 0.821. The van der Waals surface area contributed by atoms with E-state index in [9.17, 15) is 33.6 Å². The van der Waals surface area contributed by atoms with Crippen LogP contribution in [0.1, 0.15) is 126 Å². The molecule has 51 heavy (non-hydrogen) atoms. The van der Waals surface area contributed by atoms with Gasteiger partial charge in [0.1, 0.15) is 6.04 Å². The summed E-state index contributed by atoms with van der Waals surface area (Å²) in [6.45, 7) is 15.5. The van der Waals surface area contributed by atoms with Gasteiger partial charge in [-0.15, -0.1) is 0 Å². The molecule has 2 heterocycles. The molecule has 1 spiro atoms. The number of nitrogens with one attached hydrogen (secondary N) is 2. The first-order chi connectivity index (χ1) is 23.5. The molecule has 0 bridgehead atoms. The van der Waals surface area contributed by atoms with Gasteiger partial charge in [-0.2, -0.15) is 0 Å². The summed E-state index contributed by atoms with van der Waals surface area (Å²) in [7, 11) is 0. The Hall–Kier alpha value is -3.31. The monoisotopic (exact) mass is 711 g/mol. The zero-order valence-corrected chi connectivity index (χ0v) is 32.1. The van der Waals surface area contributed by atoms with E-state index in [-0.39, 0.29) is 72.5 Å². The lowest BCUT2D eigenvalue weighted by atomic mass is 9.75. The third-order valence-electron chi connectivity index (χ3n) is 12.8. The van der Waals surface area contributed by atoms with Gasteiger partial charge in [-0.05, 0) is 71.5 Å². The van der Waals surface area contributed by atoms with Crippen molar-refractivity contribution in [2.24, 2.45) is 51.1 Å². The molecule has 284 valence electrons. The molecule has 6 atom stereocenters. The Balaban J connectivity index is 1.35. The molecule has 0 aromatic heterocycles. The van der Waals surface area contributed by atoms with E-state index in [0.717, 1.165) is 44.9 Å². The lowest BCUT2D eigenvalue weighted by Crippen LogP contribution is -2.62. The zero-order valence-electron chi connectivity index (χ0n) is 32.1. The molecule has 4 N–H and O–H groups in total. The summed E-state index contributed by atoms with van der Waals surface area (Å²) in [4.78, 5) is 96.7. The number of hydrogen-bond acceptors (Lipinski definition) is 7. The van der Waals surface area contributed by atoms with Gasteiger partial charge < -0.3 is 21.3 Å². The molecular formula is C39H61N5O7. The number of fused-ring (bicyclic) bond motifs is 2. The third-order valence-corrected chi connectivity index (χ3v) is 12.8. The highest BCUT2D eigenvalue weighted by Gasteiger charge is 2.64. The molecule has 0 aromatic carbocycles. The van der Waals surface area contributed by atoms with Crippen molar-refractivity contribution in [3.63, 3.8) is 0 Å². The lowest BCUT2D eigenvalue weighted by Gasteiger charge is -2.40. The molecule has 5 fully saturated rings. The minimum absolute atomic E-state index is 0.0129. The Morgan fingerprint density at radius 3 is 1.98 bits per heavy atom. The summed E-state index contributed by atoms with van der Waals surface area (Å²) in [5.41, 5.74) is 3.86. The molecule has 12 heteroatoms. The minimum Gasteiger partial charge on any atom is -0.363 e. The number of imide groups is 1. The number of piperidine rings is 1. The Bertz CT molecular complexity index is 1430. The number of urea groups is 1. The van der Waals surface area contributed by atoms with Crippen molar-refractivity contribution in [2.75, 3.05) is 13.1 Å². The van der Waals surface area contributed by atoms with Crippen molar-refractivity contribution in [2.45, 2.75) is 144 Å². The smallest absolute Gasteiger partial charge is 0.315 e. The van der Waals surface area contributed by atoms with Crippen molar-refractivity contribution >= 4 is 41.2 Å². The van der Waals surface area contributed by atoms with E-state index in [1.165, 1.54) is 4.90 Å². The number of likely N-dealkylation sites (tertiary alicyclic amines) is 2. The second-order valence-electron chi connectivity index (χ2n) is 19.5. The van der Waals surface area contributed by atoms with Crippen LogP contribution in [0.5, 0.6) is 0 Å². The van der Waals surface area contributed by atoms with E-state index in [1.807, 2.05) is 55.4 Å². The molecule has 12 nitrogen and oxygen atoms in total. The third kappa shape index (κ3) is 8.35. The SMILES string of the molecule is CC1(C)CC(=O)N(C[C@@H](NC(=O)N[C@H](C(=O)N2C[C@H]3[C@H](CCC34CC4)[C@H]2C(=O)CC(CC2CCC2)C(=O)C(N)=O)C(C)(C)C)C(C)(C)C)C(=O)C1. The quantitative estimate of drug-likeness (QED) is 0.201. The Kier molecular flexibility index (Phi) is 10.6. The predicted octanol–water partition coefficient (Wildman–Crippen LogP) is 4.13. The molecule has 5 aliphatic rings. The fourth-order valence-electron chi connectivity index (χ4n) is 9.24. The maximum absolute atomic E-state index is 14.7. The Morgan fingerprint density at radius 2 is 1.49 bits per heavy atom. The lowest BCUT2D eigenvalue weighted by molar-refractivity contribution is -0.153. The van der Waals surface area contributed by atoms with Crippen LogP contribution in [0.2, 0.25) is 0 Å². The van der Waals surface area contributed by atoms with Crippen molar-refractivity contribution < 1.29 is 33.6 Å². The van der Waals surface area contributed by atoms with E-state index in [4.69, 9.17) is 5.73 Å². The average molecular weight is 712 g/mol. The molecule has 3 aliphatic carbocycles. The standard InChI is InChI=1S/C39H61N5O7/c1-36(2,3)27(21-43-28(46)18-38(7,8)19-29(43)47)41-35(51)42-32(37(4,5)6)34(50)44-20-25-24(12-13-39(25)14-15-39)30(44)26(45)17-23(31(48)33(40)49)16-22-10-9-11-22/h22-25,27,30,32H,9-21H2,1-8H3,(H2,40,49)(H2,41,42,51)/t23?,24-,25-,27+,30-,32+/m0/s1. The molecule has 2 aliphatic heterocycles. The van der Waals surface area contributed by atoms with Crippen LogP contribution >= 0.6 is 0 Å². The second kappa shape index (κ2) is 13.9. The van der Waals surface area contributed by atoms with Gasteiger partial charge >= 0.3 is 6.03 Å². The van der Waals surface area contributed by atoms with Gasteiger partial charge in [0.2, 0.25) is 23.5 Å². The summed E-state index contributed by atoms with van der Waals surface area (Å²) in [6.07, 6.45) is 7.72. The first-order valence-electron chi connectivity index (χ1n) is 19.1. The van der Waals surface area contributed by atoms with Gasteiger partial charge in [0, 0.05) is 38.3 Å². The van der Waals surface area contributed by atoms with Crippen LogP contribution in [0, 0.1) is 45.3 Å². The van der Waals surface area contributed by atoms with Crippen LogP contribution in [0.3, 0.4) is 0 Å². The number of nitrogens with two attached hydrogens (primary N) is 1. The zero-order chi connectivity index (χ0) is 37.8. The molecule has 6 amide bonds. The van der Waals surface area contributed by atoms with E-state index in [1.54, 1.807) is 4.90 Å². The molecule has 2 saturated heterocycles. The summed E-state index contributed by atoms with van der Waals surface area (Å²) >= 11 is 0. The van der Waals surface area contributed by atoms with E-state index in [2.05, 4.69) is 10.6 Å². The summed E-state index contributed by atoms with van der Waals surface area (Å²) < 4.78 is 0. The van der Waals surface area contributed by atoms with Crippen molar-refractivity contribution in [1.29, 1.82) is 0 Å². The van der Waals surface area contributed by atoms with E-state index in [0.29, 0.717) is 13.0 Å². The topological polar surface area (TPSA) is 176 Å². The largest absolute Gasteiger partial charge is 0.363 e. The number of nitrogens with zero attached hydrogens (tertiary/aromatic N) is 2. The number of carbonyl (C=O) groups excluding carboxylic acids is 7. The highest BCUT2D eigenvalue weighted by Crippen LogP contribution is 2.66. The van der Waals surface area contributed by atoms with Gasteiger partial charge in [-0.25, -0.2) is 4.79 Å². The number of rotatable bonds is 12. The van der Waals surface area contributed by atoms with Crippen molar-refractivity contribution in [3.05, 3.63) is 0 Å². The molecule has 1 unspecified atom stereocenters. The number of Topliss-reactive ketones (excluding diaryl/α,β-unsaturated/α-hetero) is 2. The summed E-state index contributed by atoms with van der Waals surface area (Å²) in [6, 6.07) is -2.95. The van der Waals surface area contributed by atoms with E-state index >= 15 is 0 Å². The number of primary amides is 1. The highest BCUT2D eigenvalue weighted by molar-refractivity contribution is 6.36. The van der Waals surface area contributed by atoms with Gasteiger partial charge in [0.25, 0.3) is 5.91 Å². The average Bonchev–Trinajstić information content (AvgIpc) is 3.54. The van der Waals surface area contributed by atoms with Crippen LogP contribution in [0.25, 0.3) is 0 Å². The Morgan fingerprint density at radius 1 is 0.882 bits per heavy atom. The highest BCUT2D eigenvalue weighted by atomic mass is 16.2. The maximum Gasteiger partial charge on any atom is 0.315 e. The van der Waals surface area contributed by atoms with Crippen molar-refractivity contribution in [1.82, 2.24) is 20.4 Å². The van der Waals surface area contributed by atoms with Gasteiger partial charge in [0.05, 0.1) is 12.1 Å². The molecule has 0 radical (unpaired) electrons. The van der Waals surface area contributed by atoms with Crippen LogP contribution in [-0.2, 0) is 28.8 Å². The normalized spacial score (nSPS) is 27.3. The van der Waals surface area contributed by atoms with Crippen LogP contribution in [-0.4, -0.2) is 82.2 Å². The second-order valence-corrected chi connectivity index (χ2v) is 19.5. The minimum atomic E-state index is -1.03. The molecular weight excluding hydrogens is 650 g/mol. The number of carbonyl (C=O) groups is 7. The van der Waals surface area contributed by atoms with Crippen molar-refractivity contribution in [3.8, 4) is 0 Å². The predicted molar refractivity (Wildman–Crippen MR) is 191 cm³/mol. The number of amides is 6. The van der Waals surface area contributed by atoms with Crippen LogP contribution in [0.4, 0.5) is 4.79 Å². The maximum atomic E-state index is 14.7. The van der Waals surface area contributed by atoms with Crippen LogP contribution in [0.15, 0.2) is 0 Å². The van der Waals surface area contributed by atoms with Gasteiger partial charge in [0.15, 0.2) is 5.78 Å². The first-order valence-corrected chi connectivity index (χ1v) is 19.1. The molecule has 0 aromatic rings. The van der Waals surface area contributed by atoms with E-state index < -0.39 is 58.0 Å². The number of ketones is 2.